The van der Waals surface area contributed by atoms with Gasteiger partial charge in [0.05, 0.1) is 5.69 Å². The molecule has 114 valence electrons. The van der Waals surface area contributed by atoms with Crippen molar-refractivity contribution in [3.8, 4) is 0 Å². The lowest BCUT2D eigenvalue weighted by Gasteiger charge is -2.23. The van der Waals surface area contributed by atoms with Crippen molar-refractivity contribution in [1.29, 1.82) is 0 Å². The Balaban J connectivity index is 2.15. The van der Waals surface area contributed by atoms with Gasteiger partial charge < -0.3 is 5.32 Å². The molecule has 2 rings (SSSR count). The van der Waals surface area contributed by atoms with Crippen LogP contribution in [0.5, 0.6) is 0 Å². The molecule has 21 heavy (non-hydrogen) atoms. The SMILES string of the molecule is CNC(=O)C[C@@H](C)N(C)Cc1cc(=O)n2[nH]c(C)cc2n1. The quantitative estimate of drug-likeness (QED) is 0.829. The first-order chi connectivity index (χ1) is 9.90. The number of amides is 1. The summed E-state index contributed by atoms with van der Waals surface area (Å²) >= 11 is 0. The van der Waals surface area contributed by atoms with E-state index in [-0.39, 0.29) is 17.5 Å². The smallest absolute Gasteiger partial charge is 0.272 e. The van der Waals surface area contributed by atoms with Crippen molar-refractivity contribution in [1.82, 2.24) is 24.8 Å². The van der Waals surface area contributed by atoms with Crippen LogP contribution in [0, 0.1) is 6.92 Å². The monoisotopic (exact) mass is 291 g/mol. The van der Waals surface area contributed by atoms with Crippen LogP contribution in [0.4, 0.5) is 0 Å². The van der Waals surface area contributed by atoms with Crippen molar-refractivity contribution in [2.24, 2.45) is 0 Å². The number of fused-ring (bicyclic) bond motifs is 1. The van der Waals surface area contributed by atoms with E-state index < -0.39 is 0 Å². The Morgan fingerprint density at radius 1 is 1.52 bits per heavy atom. The minimum atomic E-state index is -0.129. The molecule has 0 aliphatic carbocycles. The zero-order valence-electron chi connectivity index (χ0n) is 12.8. The lowest BCUT2D eigenvalue weighted by molar-refractivity contribution is -0.121. The highest BCUT2D eigenvalue weighted by molar-refractivity contribution is 5.76. The first-order valence-corrected chi connectivity index (χ1v) is 6.90. The number of carbonyl (C=O) groups excluding carboxylic acids is 1. The third-order valence-electron chi connectivity index (χ3n) is 3.55. The lowest BCUT2D eigenvalue weighted by atomic mass is 10.2. The van der Waals surface area contributed by atoms with E-state index in [2.05, 4.69) is 15.4 Å². The van der Waals surface area contributed by atoms with Gasteiger partial charge in [0.25, 0.3) is 5.56 Å². The number of rotatable bonds is 5. The van der Waals surface area contributed by atoms with E-state index in [1.807, 2.05) is 31.9 Å². The third-order valence-corrected chi connectivity index (χ3v) is 3.55. The van der Waals surface area contributed by atoms with Gasteiger partial charge in [0.1, 0.15) is 0 Å². The molecule has 0 spiro atoms. The van der Waals surface area contributed by atoms with E-state index in [1.54, 1.807) is 7.05 Å². The van der Waals surface area contributed by atoms with Crippen LogP contribution in [-0.2, 0) is 11.3 Å². The Kier molecular flexibility index (Phi) is 4.42. The van der Waals surface area contributed by atoms with Crippen molar-refractivity contribution < 1.29 is 4.79 Å². The van der Waals surface area contributed by atoms with Gasteiger partial charge in [-0.15, -0.1) is 0 Å². The van der Waals surface area contributed by atoms with E-state index in [4.69, 9.17) is 0 Å². The molecule has 1 amide bonds. The predicted molar refractivity (Wildman–Crippen MR) is 80.2 cm³/mol. The van der Waals surface area contributed by atoms with Crippen molar-refractivity contribution in [3.63, 3.8) is 0 Å². The molecule has 0 aliphatic heterocycles. The van der Waals surface area contributed by atoms with Gasteiger partial charge in [-0.25, -0.2) is 9.50 Å². The number of hydrogen-bond donors (Lipinski definition) is 2. The fraction of sp³-hybridized carbons (Fsp3) is 0.500. The number of aromatic amines is 1. The molecule has 2 aromatic heterocycles. The molecule has 0 radical (unpaired) electrons. The van der Waals surface area contributed by atoms with Gasteiger partial charge in [0.2, 0.25) is 5.91 Å². The van der Waals surface area contributed by atoms with Crippen LogP contribution in [0.2, 0.25) is 0 Å². The summed E-state index contributed by atoms with van der Waals surface area (Å²) in [6.45, 7) is 4.38. The van der Waals surface area contributed by atoms with Crippen LogP contribution in [0.25, 0.3) is 5.65 Å². The Hall–Kier alpha value is -2.15. The summed E-state index contributed by atoms with van der Waals surface area (Å²) in [6.07, 6.45) is 0.414. The van der Waals surface area contributed by atoms with Crippen molar-refractivity contribution >= 4 is 11.6 Å². The van der Waals surface area contributed by atoms with Gasteiger partial charge >= 0.3 is 0 Å². The zero-order chi connectivity index (χ0) is 15.6. The maximum Gasteiger partial charge on any atom is 0.272 e. The van der Waals surface area contributed by atoms with Gasteiger partial charge in [-0.2, -0.15) is 0 Å². The molecule has 7 nitrogen and oxygen atoms in total. The largest absolute Gasteiger partial charge is 0.359 e. The van der Waals surface area contributed by atoms with Crippen LogP contribution >= 0.6 is 0 Å². The normalized spacial score (nSPS) is 12.8. The highest BCUT2D eigenvalue weighted by atomic mass is 16.1. The second-order valence-electron chi connectivity index (χ2n) is 5.36. The number of H-pyrrole nitrogens is 1. The molecule has 0 saturated carbocycles. The van der Waals surface area contributed by atoms with E-state index in [0.717, 1.165) is 5.69 Å². The Bertz CT molecular complexity index is 703. The minimum absolute atomic E-state index is 0.000843. The fourth-order valence-electron chi connectivity index (χ4n) is 2.18. The molecule has 0 unspecified atom stereocenters. The second-order valence-corrected chi connectivity index (χ2v) is 5.36. The summed E-state index contributed by atoms with van der Waals surface area (Å²) in [5, 5.41) is 5.55. The Morgan fingerprint density at radius 2 is 2.24 bits per heavy atom. The summed E-state index contributed by atoms with van der Waals surface area (Å²) in [5.74, 6) is -0.000843. The fourth-order valence-corrected chi connectivity index (χ4v) is 2.18. The number of nitrogens with zero attached hydrogens (tertiary/aromatic N) is 3. The highest BCUT2D eigenvalue weighted by Crippen LogP contribution is 2.07. The number of aromatic nitrogens is 3. The Labute approximate surface area is 123 Å². The lowest BCUT2D eigenvalue weighted by Crippen LogP contribution is -2.34. The average molecular weight is 291 g/mol. The van der Waals surface area contributed by atoms with Crippen LogP contribution < -0.4 is 10.9 Å². The molecule has 0 aliphatic rings. The molecule has 2 aromatic rings. The maximum atomic E-state index is 12.0. The molecule has 2 N–H and O–H groups in total. The standard InChI is InChI=1S/C14H21N5O2/c1-9-5-12-16-11(7-14(21)19(12)17-9)8-18(4)10(2)6-13(20)15-3/h5,7,10,17H,6,8H2,1-4H3,(H,15,20)/t10-/m1/s1. The summed E-state index contributed by atoms with van der Waals surface area (Å²) in [5.41, 5.74) is 2.07. The van der Waals surface area contributed by atoms with E-state index in [9.17, 15) is 9.59 Å². The number of carbonyl (C=O) groups is 1. The predicted octanol–water partition coefficient (Wildman–Crippen LogP) is 0.287. The van der Waals surface area contributed by atoms with Gasteiger partial charge in [-0.3, -0.25) is 19.6 Å². The zero-order valence-corrected chi connectivity index (χ0v) is 12.8. The van der Waals surface area contributed by atoms with Crippen molar-refractivity contribution in [2.45, 2.75) is 32.9 Å². The topological polar surface area (TPSA) is 82.5 Å². The van der Waals surface area contributed by atoms with Crippen molar-refractivity contribution in [2.75, 3.05) is 14.1 Å². The van der Waals surface area contributed by atoms with Gasteiger partial charge in [0, 0.05) is 43.9 Å². The molecule has 2 heterocycles. The van der Waals surface area contributed by atoms with E-state index >= 15 is 0 Å². The molecular formula is C14H21N5O2. The summed E-state index contributed by atoms with van der Waals surface area (Å²) in [4.78, 5) is 29.9. The molecule has 0 bridgehead atoms. The van der Waals surface area contributed by atoms with Crippen LogP contribution in [0.15, 0.2) is 16.9 Å². The molecule has 0 aromatic carbocycles. The van der Waals surface area contributed by atoms with Crippen LogP contribution in [-0.4, -0.2) is 45.5 Å². The van der Waals surface area contributed by atoms with E-state index in [0.29, 0.717) is 24.3 Å². The first-order valence-electron chi connectivity index (χ1n) is 6.90. The summed E-state index contributed by atoms with van der Waals surface area (Å²) in [7, 11) is 3.54. The minimum Gasteiger partial charge on any atom is -0.359 e. The summed E-state index contributed by atoms with van der Waals surface area (Å²) in [6, 6.07) is 3.42. The second kappa shape index (κ2) is 6.09. The molecule has 1 atom stereocenters. The molecule has 0 fully saturated rings. The van der Waals surface area contributed by atoms with Gasteiger partial charge in [-0.1, -0.05) is 0 Å². The highest BCUT2D eigenvalue weighted by Gasteiger charge is 2.14. The van der Waals surface area contributed by atoms with Gasteiger partial charge in [0.15, 0.2) is 5.65 Å². The maximum absolute atomic E-state index is 12.0. The summed E-state index contributed by atoms with van der Waals surface area (Å²) < 4.78 is 1.42. The van der Waals surface area contributed by atoms with Crippen LogP contribution in [0.1, 0.15) is 24.7 Å². The number of hydrogen-bond acceptors (Lipinski definition) is 4. The number of nitrogens with one attached hydrogen (secondary N) is 2. The molecular weight excluding hydrogens is 270 g/mol. The van der Waals surface area contributed by atoms with E-state index in [1.165, 1.54) is 10.6 Å². The van der Waals surface area contributed by atoms with Crippen molar-refractivity contribution in [3.05, 3.63) is 33.9 Å². The molecule has 0 saturated heterocycles. The van der Waals surface area contributed by atoms with Gasteiger partial charge in [-0.05, 0) is 20.9 Å². The Morgan fingerprint density at radius 3 is 2.90 bits per heavy atom. The third kappa shape index (κ3) is 3.49. The first kappa shape index (κ1) is 15.2. The average Bonchev–Trinajstić information content (AvgIpc) is 2.79. The number of aryl methyl sites for hydroxylation is 1. The molecule has 7 heteroatoms. The van der Waals surface area contributed by atoms with Crippen LogP contribution in [0.3, 0.4) is 0 Å².